The Balaban J connectivity index is 1.76. The third-order valence-corrected chi connectivity index (χ3v) is 2.66. The molecule has 2 rings (SSSR count). The Morgan fingerprint density at radius 1 is 1.06 bits per heavy atom. The van der Waals surface area contributed by atoms with Crippen molar-refractivity contribution in [2.45, 2.75) is 6.92 Å². The molecule has 0 heterocycles. The molecule has 0 aliphatic carbocycles. The van der Waals surface area contributed by atoms with Gasteiger partial charge in [0.05, 0.1) is 5.69 Å². The van der Waals surface area contributed by atoms with Crippen LogP contribution in [0.15, 0.2) is 48.5 Å². The van der Waals surface area contributed by atoms with Crippen LogP contribution < -0.4 is 15.8 Å². The Morgan fingerprint density at radius 3 is 2.50 bits per heavy atom. The smallest absolute Gasteiger partial charge is 0.142 e. The third-order valence-electron chi connectivity index (χ3n) is 2.66. The number of rotatable bonds is 5. The standard InChI is InChI=1S/C15H18N2O/c1-12-6-8-13(9-7-12)17-10-11-18-15-5-3-2-4-14(15)16/h2-9,17H,10-11,16H2,1H3. The van der Waals surface area contributed by atoms with Gasteiger partial charge in [-0.15, -0.1) is 0 Å². The number of nitrogen functional groups attached to an aromatic ring is 1. The molecule has 0 spiro atoms. The number of aryl methyl sites for hydroxylation is 1. The molecule has 0 unspecified atom stereocenters. The highest BCUT2D eigenvalue weighted by atomic mass is 16.5. The number of benzene rings is 2. The Morgan fingerprint density at radius 2 is 1.78 bits per heavy atom. The van der Waals surface area contributed by atoms with E-state index in [1.54, 1.807) is 0 Å². The first-order valence-corrected chi connectivity index (χ1v) is 6.03. The van der Waals surface area contributed by atoms with Crippen molar-refractivity contribution < 1.29 is 4.74 Å². The summed E-state index contributed by atoms with van der Waals surface area (Å²) in [5.74, 6) is 0.739. The number of hydrogen-bond acceptors (Lipinski definition) is 3. The number of nitrogens with two attached hydrogens (primary N) is 1. The third kappa shape index (κ3) is 3.42. The monoisotopic (exact) mass is 242 g/mol. The van der Waals surface area contributed by atoms with E-state index in [0.29, 0.717) is 12.3 Å². The molecule has 0 aliphatic heterocycles. The van der Waals surface area contributed by atoms with Gasteiger partial charge < -0.3 is 15.8 Å². The van der Waals surface area contributed by atoms with Crippen molar-refractivity contribution in [1.82, 2.24) is 0 Å². The lowest BCUT2D eigenvalue weighted by Crippen LogP contribution is -2.12. The van der Waals surface area contributed by atoms with Crippen molar-refractivity contribution in [2.75, 3.05) is 24.2 Å². The van der Waals surface area contributed by atoms with Crippen molar-refractivity contribution in [1.29, 1.82) is 0 Å². The van der Waals surface area contributed by atoms with Gasteiger partial charge >= 0.3 is 0 Å². The second-order valence-corrected chi connectivity index (χ2v) is 4.18. The van der Waals surface area contributed by atoms with Crippen LogP contribution in [0.25, 0.3) is 0 Å². The predicted octanol–water partition coefficient (Wildman–Crippen LogP) is 3.07. The van der Waals surface area contributed by atoms with Crippen molar-refractivity contribution >= 4 is 11.4 Å². The average molecular weight is 242 g/mol. The molecule has 0 radical (unpaired) electrons. The molecular weight excluding hydrogens is 224 g/mol. The van der Waals surface area contributed by atoms with Crippen LogP contribution in [0.1, 0.15) is 5.56 Å². The fourth-order valence-corrected chi connectivity index (χ4v) is 1.64. The zero-order valence-electron chi connectivity index (χ0n) is 10.5. The quantitative estimate of drug-likeness (QED) is 0.625. The molecule has 0 atom stereocenters. The number of hydrogen-bond donors (Lipinski definition) is 2. The van der Waals surface area contributed by atoms with Gasteiger partial charge in [-0.25, -0.2) is 0 Å². The molecule has 0 amide bonds. The summed E-state index contributed by atoms with van der Waals surface area (Å²) < 4.78 is 5.59. The maximum atomic E-state index is 5.79. The second-order valence-electron chi connectivity index (χ2n) is 4.18. The normalized spacial score (nSPS) is 10.1. The minimum atomic E-state index is 0.585. The molecule has 3 nitrogen and oxygen atoms in total. The highest BCUT2D eigenvalue weighted by molar-refractivity contribution is 5.51. The van der Waals surface area contributed by atoms with Crippen molar-refractivity contribution in [3.63, 3.8) is 0 Å². The summed E-state index contributed by atoms with van der Waals surface area (Å²) in [7, 11) is 0. The molecule has 3 N–H and O–H groups in total. The molecule has 94 valence electrons. The van der Waals surface area contributed by atoms with Crippen LogP contribution in [0.4, 0.5) is 11.4 Å². The topological polar surface area (TPSA) is 47.3 Å². The highest BCUT2D eigenvalue weighted by Gasteiger charge is 1.97. The lowest BCUT2D eigenvalue weighted by molar-refractivity contribution is 0.334. The van der Waals surface area contributed by atoms with Crippen LogP contribution in [0.3, 0.4) is 0 Å². The molecule has 3 heteroatoms. The Kier molecular flexibility index (Phi) is 4.07. The first-order chi connectivity index (χ1) is 8.75. The summed E-state index contributed by atoms with van der Waals surface area (Å²) in [6, 6.07) is 15.8. The minimum Gasteiger partial charge on any atom is -0.490 e. The van der Waals surface area contributed by atoms with Gasteiger partial charge in [0, 0.05) is 12.2 Å². The molecule has 2 aromatic rings. The molecule has 0 aliphatic rings. The first kappa shape index (κ1) is 12.3. The first-order valence-electron chi connectivity index (χ1n) is 6.03. The summed E-state index contributed by atoms with van der Waals surface area (Å²) in [4.78, 5) is 0. The van der Waals surface area contributed by atoms with E-state index in [1.165, 1.54) is 5.56 Å². The van der Waals surface area contributed by atoms with Gasteiger partial charge in [-0.05, 0) is 31.2 Å². The number of para-hydroxylation sites is 2. The minimum absolute atomic E-state index is 0.585. The van der Waals surface area contributed by atoms with Crippen LogP contribution in [0.2, 0.25) is 0 Å². The van der Waals surface area contributed by atoms with Gasteiger partial charge in [0.15, 0.2) is 0 Å². The van der Waals surface area contributed by atoms with E-state index in [4.69, 9.17) is 10.5 Å². The fraction of sp³-hybridized carbons (Fsp3) is 0.200. The average Bonchev–Trinajstić information content (AvgIpc) is 2.39. The summed E-state index contributed by atoms with van der Waals surface area (Å²) in [6.45, 7) is 3.41. The molecule has 0 saturated carbocycles. The maximum Gasteiger partial charge on any atom is 0.142 e. The van der Waals surface area contributed by atoms with Gasteiger partial charge in [0.2, 0.25) is 0 Å². The van der Waals surface area contributed by atoms with Crippen LogP contribution >= 0.6 is 0 Å². The molecule has 0 aromatic heterocycles. The molecule has 0 saturated heterocycles. The van der Waals surface area contributed by atoms with Gasteiger partial charge in [-0.1, -0.05) is 29.8 Å². The Labute approximate surface area is 108 Å². The van der Waals surface area contributed by atoms with Crippen molar-refractivity contribution in [3.8, 4) is 5.75 Å². The van der Waals surface area contributed by atoms with Crippen LogP contribution in [-0.4, -0.2) is 13.2 Å². The van der Waals surface area contributed by atoms with Crippen molar-refractivity contribution in [3.05, 3.63) is 54.1 Å². The summed E-state index contributed by atoms with van der Waals surface area (Å²) in [5, 5.41) is 3.30. The number of ether oxygens (including phenoxy) is 1. The van der Waals surface area contributed by atoms with Crippen LogP contribution in [0, 0.1) is 6.92 Å². The van der Waals surface area contributed by atoms with E-state index < -0.39 is 0 Å². The largest absolute Gasteiger partial charge is 0.490 e. The Bertz CT molecular complexity index is 494. The van der Waals surface area contributed by atoms with Crippen LogP contribution in [-0.2, 0) is 0 Å². The predicted molar refractivity (Wildman–Crippen MR) is 76.0 cm³/mol. The van der Waals surface area contributed by atoms with Gasteiger partial charge in [-0.2, -0.15) is 0 Å². The number of nitrogens with one attached hydrogen (secondary N) is 1. The van der Waals surface area contributed by atoms with E-state index in [-0.39, 0.29) is 0 Å². The summed E-state index contributed by atoms with van der Waals surface area (Å²) >= 11 is 0. The summed E-state index contributed by atoms with van der Waals surface area (Å²) in [5.41, 5.74) is 8.82. The lowest BCUT2D eigenvalue weighted by Gasteiger charge is -2.10. The van der Waals surface area contributed by atoms with E-state index >= 15 is 0 Å². The van der Waals surface area contributed by atoms with Crippen molar-refractivity contribution in [2.24, 2.45) is 0 Å². The lowest BCUT2D eigenvalue weighted by atomic mass is 10.2. The molecule has 0 bridgehead atoms. The molecule has 18 heavy (non-hydrogen) atoms. The maximum absolute atomic E-state index is 5.79. The molecule has 2 aromatic carbocycles. The van der Waals surface area contributed by atoms with Gasteiger partial charge in [0.25, 0.3) is 0 Å². The van der Waals surface area contributed by atoms with E-state index in [2.05, 4.69) is 36.5 Å². The zero-order chi connectivity index (χ0) is 12.8. The highest BCUT2D eigenvalue weighted by Crippen LogP contribution is 2.19. The fourth-order valence-electron chi connectivity index (χ4n) is 1.64. The molecule has 0 fully saturated rings. The van der Waals surface area contributed by atoms with E-state index in [1.807, 2.05) is 24.3 Å². The Hall–Kier alpha value is -2.16. The zero-order valence-corrected chi connectivity index (χ0v) is 10.5. The van der Waals surface area contributed by atoms with Gasteiger partial charge in [-0.3, -0.25) is 0 Å². The van der Waals surface area contributed by atoms with E-state index in [0.717, 1.165) is 18.0 Å². The van der Waals surface area contributed by atoms with Gasteiger partial charge in [0.1, 0.15) is 12.4 Å². The second kappa shape index (κ2) is 5.96. The van der Waals surface area contributed by atoms with E-state index in [9.17, 15) is 0 Å². The molecular formula is C15H18N2O. The SMILES string of the molecule is Cc1ccc(NCCOc2ccccc2N)cc1. The summed E-state index contributed by atoms with van der Waals surface area (Å²) in [6.07, 6.45) is 0. The number of anilines is 2. The van der Waals surface area contributed by atoms with Crippen LogP contribution in [0.5, 0.6) is 5.75 Å².